The van der Waals surface area contributed by atoms with Crippen molar-refractivity contribution in [2.45, 2.75) is 194 Å². The van der Waals surface area contributed by atoms with Crippen LogP contribution in [0.5, 0.6) is 0 Å². The van der Waals surface area contributed by atoms with E-state index in [1.165, 1.54) is 77.0 Å². The second-order valence-corrected chi connectivity index (χ2v) is 13.5. The van der Waals surface area contributed by atoms with Crippen molar-refractivity contribution in [2.24, 2.45) is 0 Å². The molecule has 0 radical (unpaired) electrons. The van der Waals surface area contributed by atoms with Crippen molar-refractivity contribution in [3.05, 3.63) is 48.6 Å². The summed E-state index contributed by atoms with van der Waals surface area (Å²) in [4.78, 5) is 27.4. The Kier molecular flexibility index (Phi) is 37.0. The first kappa shape index (κ1) is 46.9. The highest BCUT2D eigenvalue weighted by Gasteiger charge is 2.18. The number of rotatable bonds is 36. The average Bonchev–Trinajstić information content (AvgIpc) is 3.10. The lowest BCUT2D eigenvalue weighted by Crippen LogP contribution is -2.32. The fourth-order valence-electron chi connectivity index (χ4n) is 5.76. The molecule has 5 nitrogen and oxygen atoms in total. The zero-order valence-electron chi connectivity index (χ0n) is 32.8. The molecule has 0 rings (SSSR count). The molecule has 0 N–H and O–H groups in total. The Hall–Kier alpha value is -2.14. The second kappa shape index (κ2) is 38.7. The van der Waals surface area contributed by atoms with Gasteiger partial charge < -0.3 is 14.4 Å². The van der Waals surface area contributed by atoms with Crippen LogP contribution in [0.1, 0.15) is 188 Å². The van der Waals surface area contributed by atoms with Crippen LogP contribution in [-0.4, -0.2) is 49.2 Å². The number of allylic oxidation sites excluding steroid dienone is 8. The van der Waals surface area contributed by atoms with Crippen molar-refractivity contribution < 1.29 is 19.1 Å². The molecule has 0 unspecified atom stereocenters. The number of hydrogen-bond acceptors (Lipinski definition) is 5. The lowest BCUT2D eigenvalue weighted by molar-refractivity contribution is -0.159. The van der Waals surface area contributed by atoms with E-state index >= 15 is 0 Å². The van der Waals surface area contributed by atoms with E-state index < -0.39 is 0 Å². The average molecular weight is 686 g/mol. The Morgan fingerprint density at radius 3 is 1.29 bits per heavy atom. The molecule has 1 atom stereocenters. The van der Waals surface area contributed by atoms with Crippen LogP contribution in [-0.2, 0) is 19.1 Å². The lowest BCUT2D eigenvalue weighted by atomic mass is 10.1. The van der Waals surface area contributed by atoms with Crippen LogP contribution in [0.3, 0.4) is 0 Å². The number of ether oxygens (including phenoxy) is 2. The smallest absolute Gasteiger partial charge is 0.306 e. The van der Waals surface area contributed by atoms with Gasteiger partial charge in [-0.1, -0.05) is 115 Å². The summed E-state index contributed by atoms with van der Waals surface area (Å²) in [6, 6.07) is 0. The molecule has 0 amide bonds. The Morgan fingerprint density at radius 2 is 0.857 bits per heavy atom. The van der Waals surface area contributed by atoms with Crippen molar-refractivity contribution in [1.82, 2.24) is 4.90 Å². The molecular weight excluding hydrogens is 606 g/mol. The molecule has 0 aromatic carbocycles. The molecule has 5 heteroatoms. The Morgan fingerprint density at radius 1 is 0.490 bits per heavy atom. The predicted octanol–water partition coefficient (Wildman–Crippen LogP) is 12.8. The number of unbranched alkanes of at least 4 members (excludes halogenated alkanes) is 16. The minimum absolute atomic E-state index is 0.164. The zero-order valence-corrected chi connectivity index (χ0v) is 32.8. The topological polar surface area (TPSA) is 55.8 Å². The van der Waals surface area contributed by atoms with Crippen molar-refractivity contribution in [3.63, 3.8) is 0 Å². The molecule has 0 heterocycles. The van der Waals surface area contributed by atoms with Crippen LogP contribution in [0.25, 0.3) is 0 Å². The zero-order chi connectivity index (χ0) is 35.9. The summed E-state index contributed by atoms with van der Waals surface area (Å²) in [6.07, 6.45) is 45.1. The fraction of sp³-hybridized carbons (Fsp3) is 0.773. The van der Waals surface area contributed by atoms with Gasteiger partial charge in [0.1, 0.15) is 12.7 Å². The van der Waals surface area contributed by atoms with E-state index in [9.17, 15) is 9.59 Å². The third-order valence-electron chi connectivity index (χ3n) is 9.01. The van der Waals surface area contributed by atoms with E-state index in [-0.39, 0.29) is 24.6 Å². The molecular formula is C44H79NO4. The van der Waals surface area contributed by atoms with Gasteiger partial charge in [-0.05, 0) is 116 Å². The molecule has 0 spiro atoms. The van der Waals surface area contributed by atoms with Gasteiger partial charge >= 0.3 is 11.9 Å². The number of carbonyl (C=O) groups is 2. The molecule has 49 heavy (non-hydrogen) atoms. The van der Waals surface area contributed by atoms with Gasteiger partial charge in [0.2, 0.25) is 0 Å². The van der Waals surface area contributed by atoms with Gasteiger partial charge in [0.05, 0.1) is 0 Å². The third kappa shape index (κ3) is 35.5. The van der Waals surface area contributed by atoms with Gasteiger partial charge in [-0.3, -0.25) is 9.59 Å². The normalized spacial score (nSPS) is 12.8. The van der Waals surface area contributed by atoms with Crippen LogP contribution in [0.2, 0.25) is 0 Å². The number of esters is 2. The fourth-order valence-corrected chi connectivity index (χ4v) is 5.76. The molecule has 0 bridgehead atoms. The van der Waals surface area contributed by atoms with E-state index in [4.69, 9.17) is 9.47 Å². The first-order valence-electron chi connectivity index (χ1n) is 20.7. The van der Waals surface area contributed by atoms with Gasteiger partial charge in [0, 0.05) is 25.8 Å². The SMILES string of the molecule is CC/C=C\CCCC/C=C\CCCCCCCC(=O)OC[C@H](CCN(CC)CC)OC(=O)CCCCCCC/C=C\CCCC/C=C\CC. The summed E-state index contributed by atoms with van der Waals surface area (Å²) in [5.41, 5.74) is 0. The van der Waals surface area contributed by atoms with Crippen molar-refractivity contribution in [2.75, 3.05) is 26.2 Å². The van der Waals surface area contributed by atoms with E-state index in [1.807, 2.05) is 0 Å². The molecule has 284 valence electrons. The van der Waals surface area contributed by atoms with Crippen molar-refractivity contribution >= 4 is 11.9 Å². The van der Waals surface area contributed by atoms with Crippen LogP contribution in [0.15, 0.2) is 48.6 Å². The van der Waals surface area contributed by atoms with E-state index in [1.54, 1.807) is 0 Å². The van der Waals surface area contributed by atoms with E-state index in [2.05, 4.69) is 81.2 Å². The Balaban J connectivity index is 4.06. The highest BCUT2D eigenvalue weighted by molar-refractivity contribution is 5.70. The van der Waals surface area contributed by atoms with Gasteiger partial charge in [-0.15, -0.1) is 0 Å². The minimum Gasteiger partial charge on any atom is -0.462 e. The largest absolute Gasteiger partial charge is 0.462 e. The molecule has 0 aromatic heterocycles. The summed E-state index contributed by atoms with van der Waals surface area (Å²) in [6.45, 7) is 11.6. The van der Waals surface area contributed by atoms with E-state index in [0.717, 1.165) is 83.8 Å². The molecule has 0 saturated heterocycles. The minimum atomic E-state index is -0.373. The quantitative estimate of drug-likeness (QED) is 0.0373. The maximum Gasteiger partial charge on any atom is 0.306 e. The van der Waals surface area contributed by atoms with Crippen molar-refractivity contribution in [1.29, 1.82) is 0 Å². The number of nitrogens with zero attached hydrogens (tertiary/aromatic N) is 1. The molecule has 0 aliphatic rings. The highest BCUT2D eigenvalue weighted by atomic mass is 16.6. The molecule has 0 saturated carbocycles. The van der Waals surface area contributed by atoms with Gasteiger partial charge in [0.25, 0.3) is 0 Å². The summed E-state index contributed by atoms with van der Waals surface area (Å²) in [5.74, 6) is -0.338. The maximum absolute atomic E-state index is 12.6. The third-order valence-corrected chi connectivity index (χ3v) is 9.01. The van der Waals surface area contributed by atoms with Gasteiger partial charge in [-0.2, -0.15) is 0 Å². The Bertz CT molecular complexity index is 842. The summed E-state index contributed by atoms with van der Waals surface area (Å²) < 4.78 is 11.4. The molecule has 0 aromatic rings. The maximum atomic E-state index is 12.6. The molecule has 0 fully saturated rings. The Labute approximate surface area is 304 Å². The standard InChI is InChI=1S/C44H79NO4/c1-5-9-11-13-15-17-19-21-23-25-27-29-31-33-35-37-43(46)48-41-42(39-40-45(7-3)8-4)49-44(47)38-36-34-32-30-28-26-24-22-20-18-16-14-12-10-6-2/h9-12,21-24,42H,5-8,13-20,25-41H2,1-4H3/b11-9-,12-10-,23-21-,24-22-/t42-/m0/s1. The summed E-state index contributed by atoms with van der Waals surface area (Å²) >= 11 is 0. The number of hydrogen-bond donors (Lipinski definition) is 0. The van der Waals surface area contributed by atoms with E-state index in [0.29, 0.717) is 19.3 Å². The summed E-state index contributed by atoms with van der Waals surface area (Å²) in [7, 11) is 0. The lowest BCUT2D eigenvalue weighted by Gasteiger charge is -2.23. The number of carbonyl (C=O) groups excluding carboxylic acids is 2. The monoisotopic (exact) mass is 686 g/mol. The first-order chi connectivity index (χ1) is 24.1. The first-order valence-corrected chi connectivity index (χ1v) is 20.7. The van der Waals surface area contributed by atoms with Gasteiger partial charge in [-0.25, -0.2) is 0 Å². The molecule has 0 aliphatic carbocycles. The van der Waals surface area contributed by atoms with Crippen LogP contribution in [0.4, 0.5) is 0 Å². The van der Waals surface area contributed by atoms with Crippen molar-refractivity contribution in [3.8, 4) is 0 Å². The highest BCUT2D eigenvalue weighted by Crippen LogP contribution is 2.13. The van der Waals surface area contributed by atoms with Crippen LogP contribution in [0, 0.1) is 0 Å². The second-order valence-electron chi connectivity index (χ2n) is 13.5. The summed E-state index contributed by atoms with van der Waals surface area (Å²) in [5, 5.41) is 0. The predicted molar refractivity (Wildman–Crippen MR) is 212 cm³/mol. The van der Waals surface area contributed by atoms with Crippen LogP contribution >= 0.6 is 0 Å². The molecule has 0 aliphatic heterocycles. The van der Waals surface area contributed by atoms with Crippen LogP contribution < -0.4 is 0 Å². The van der Waals surface area contributed by atoms with Gasteiger partial charge in [0.15, 0.2) is 0 Å².